The summed E-state index contributed by atoms with van der Waals surface area (Å²) in [4.78, 5) is 2.49. The zero-order valence-electron chi connectivity index (χ0n) is 11.7. The Morgan fingerprint density at radius 3 is 2.75 bits per heavy atom. The highest BCUT2D eigenvalue weighted by molar-refractivity contribution is 6.31. The van der Waals surface area contributed by atoms with Crippen molar-refractivity contribution in [2.45, 2.75) is 44.6 Å². The van der Waals surface area contributed by atoms with Gasteiger partial charge in [0.25, 0.3) is 0 Å². The molecular formula is C16H22ClN3. The van der Waals surface area contributed by atoms with Gasteiger partial charge in [0.2, 0.25) is 0 Å². The van der Waals surface area contributed by atoms with Crippen LogP contribution >= 0.6 is 11.6 Å². The van der Waals surface area contributed by atoms with Gasteiger partial charge in [-0.15, -0.1) is 0 Å². The SMILES string of the molecule is N=C(N)c1cc(Cl)ccc1N1CCC[C@H]2CCCC[C@H]21. The smallest absolute Gasteiger partial charge is 0.124 e. The molecule has 2 fully saturated rings. The van der Waals surface area contributed by atoms with E-state index in [2.05, 4.69) is 4.90 Å². The van der Waals surface area contributed by atoms with Crippen molar-refractivity contribution in [1.82, 2.24) is 0 Å². The van der Waals surface area contributed by atoms with Gasteiger partial charge in [-0.25, -0.2) is 0 Å². The molecule has 3 N–H and O–H groups in total. The van der Waals surface area contributed by atoms with E-state index in [1.54, 1.807) is 0 Å². The number of amidine groups is 1. The number of nitrogens with one attached hydrogen (secondary N) is 1. The number of nitrogens with zero attached hydrogens (tertiary/aromatic N) is 1. The van der Waals surface area contributed by atoms with Crippen LogP contribution in [0, 0.1) is 11.3 Å². The summed E-state index contributed by atoms with van der Waals surface area (Å²) >= 11 is 6.07. The van der Waals surface area contributed by atoms with E-state index >= 15 is 0 Å². The highest BCUT2D eigenvalue weighted by atomic mass is 35.5. The number of hydrogen-bond donors (Lipinski definition) is 2. The topological polar surface area (TPSA) is 53.1 Å². The fourth-order valence-corrected chi connectivity index (χ4v) is 4.07. The predicted molar refractivity (Wildman–Crippen MR) is 84.8 cm³/mol. The number of hydrogen-bond acceptors (Lipinski definition) is 2. The van der Waals surface area contributed by atoms with Crippen molar-refractivity contribution in [3.05, 3.63) is 28.8 Å². The normalized spacial score (nSPS) is 26.1. The van der Waals surface area contributed by atoms with Gasteiger partial charge < -0.3 is 10.6 Å². The van der Waals surface area contributed by atoms with Crippen LogP contribution in [0.4, 0.5) is 5.69 Å². The lowest BCUT2D eigenvalue weighted by molar-refractivity contribution is 0.244. The fraction of sp³-hybridized carbons (Fsp3) is 0.562. The molecule has 1 heterocycles. The van der Waals surface area contributed by atoms with Crippen molar-refractivity contribution >= 4 is 23.1 Å². The first kappa shape index (κ1) is 13.7. The number of anilines is 1. The molecule has 0 amide bonds. The minimum Gasteiger partial charge on any atom is -0.384 e. The third kappa shape index (κ3) is 2.51. The van der Waals surface area contributed by atoms with E-state index in [0.29, 0.717) is 11.1 Å². The molecule has 0 radical (unpaired) electrons. The summed E-state index contributed by atoms with van der Waals surface area (Å²) in [6.45, 7) is 1.07. The van der Waals surface area contributed by atoms with Crippen molar-refractivity contribution < 1.29 is 0 Å². The maximum Gasteiger partial charge on any atom is 0.124 e. The van der Waals surface area contributed by atoms with Crippen molar-refractivity contribution in [3.8, 4) is 0 Å². The maximum atomic E-state index is 7.82. The molecule has 0 spiro atoms. The van der Waals surface area contributed by atoms with E-state index in [9.17, 15) is 0 Å². The van der Waals surface area contributed by atoms with Crippen LogP contribution in [-0.4, -0.2) is 18.4 Å². The summed E-state index contributed by atoms with van der Waals surface area (Å²) < 4.78 is 0. The fourth-order valence-electron chi connectivity index (χ4n) is 3.90. The Balaban J connectivity index is 1.96. The summed E-state index contributed by atoms with van der Waals surface area (Å²) in [6.07, 6.45) is 7.90. The minimum atomic E-state index is 0.112. The number of piperidine rings is 1. The number of nitrogen functional groups attached to an aromatic ring is 1. The molecule has 2 aliphatic rings. The standard InChI is InChI=1S/C16H22ClN3/c17-12-7-8-15(13(10-12)16(18)19)20-9-3-5-11-4-1-2-6-14(11)20/h7-8,10-11,14H,1-6,9H2,(H3,18,19)/t11-,14-/m1/s1. The van der Waals surface area contributed by atoms with E-state index in [-0.39, 0.29) is 5.84 Å². The average Bonchev–Trinajstić information content (AvgIpc) is 2.46. The van der Waals surface area contributed by atoms with Crippen molar-refractivity contribution in [2.24, 2.45) is 11.7 Å². The lowest BCUT2D eigenvalue weighted by Gasteiger charge is -2.46. The molecule has 3 nitrogen and oxygen atoms in total. The monoisotopic (exact) mass is 291 g/mol. The van der Waals surface area contributed by atoms with E-state index in [1.807, 2.05) is 18.2 Å². The van der Waals surface area contributed by atoms with E-state index < -0.39 is 0 Å². The first-order chi connectivity index (χ1) is 9.66. The molecule has 1 aliphatic carbocycles. The lowest BCUT2D eigenvalue weighted by atomic mass is 9.78. The Morgan fingerprint density at radius 1 is 1.20 bits per heavy atom. The number of halogens is 1. The Hall–Kier alpha value is -1.22. The molecule has 0 unspecified atom stereocenters. The number of benzene rings is 1. The summed E-state index contributed by atoms with van der Waals surface area (Å²) in [5.41, 5.74) is 7.63. The zero-order chi connectivity index (χ0) is 14.1. The lowest BCUT2D eigenvalue weighted by Crippen LogP contribution is -2.47. The molecule has 1 aromatic rings. The van der Waals surface area contributed by atoms with Gasteiger partial charge in [0.15, 0.2) is 0 Å². The summed E-state index contributed by atoms with van der Waals surface area (Å²) in [6, 6.07) is 6.40. The van der Waals surface area contributed by atoms with Gasteiger partial charge in [-0.05, 0) is 49.8 Å². The van der Waals surface area contributed by atoms with Gasteiger partial charge in [-0.3, -0.25) is 5.41 Å². The van der Waals surface area contributed by atoms with Crippen LogP contribution in [0.1, 0.15) is 44.1 Å². The highest BCUT2D eigenvalue weighted by Gasteiger charge is 2.34. The molecule has 1 saturated carbocycles. The third-order valence-electron chi connectivity index (χ3n) is 4.80. The second kappa shape index (κ2) is 5.65. The largest absolute Gasteiger partial charge is 0.384 e. The number of fused-ring (bicyclic) bond motifs is 1. The Morgan fingerprint density at radius 2 is 1.95 bits per heavy atom. The summed E-state index contributed by atoms with van der Waals surface area (Å²) in [5, 5.41) is 8.47. The Kier molecular flexibility index (Phi) is 3.88. The Bertz CT molecular complexity index is 512. The van der Waals surface area contributed by atoms with E-state index in [0.717, 1.165) is 23.7 Å². The predicted octanol–water partition coefficient (Wildman–Crippen LogP) is 3.78. The van der Waals surface area contributed by atoms with Crippen LogP contribution in [-0.2, 0) is 0 Å². The molecule has 108 valence electrons. The van der Waals surface area contributed by atoms with Crippen LogP contribution in [0.5, 0.6) is 0 Å². The van der Waals surface area contributed by atoms with Crippen LogP contribution < -0.4 is 10.6 Å². The molecule has 4 heteroatoms. The second-order valence-corrected chi connectivity index (χ2v) is 6.46. The van der Waals surface area contributed by atoms with Crippen molar-refractivity contribution in [3.63, 3.8) is 0 Å². The van der Waals surface area contributed by atoms with Crippen LogP contribution in [0.2, 0.25) is 5.02 Å². The van der Waals surface area contributed by atoms with Gasteiger partial charge >= 0.3 is 0 Å². The average molecular weight is 292 g/mol. The molecule has 1 saturated heterocycles. The van der Waals surface area contributed by atoms with Crippen LogP contribution in [0.3, 0.4) is 0 Å². The summed E-state index contributed by atoms with van der Waals surface area (Å²) in [7, 11) is 0. The first-order valence-electron chi connectivity index (χ1n) is 7.57. The van der Waals surface area contributed by atoms with Gasteiger partial charge in [-0.2, -0.15) is 0 Å². The first-order valence-corrected chi connectivity index (χ1v) is 7.95. The molecule has 2 atom stereocenters. The van der Waals surface area contributed by atoms with Crippen LogP contribution in [0.25, 0.3) is 0 Å². The zero-order valence-corrected chi connectivity index (χ0v) is 12.5. The molecule has 1 aliphatic heterocycles. The molecule has 0 bridgehead atoms. The van der Waals surface area contributed by atoms with Gasteiger partial charge in [0.05, 0.1) is 0 Å². The molecule has 3 rings (SSSR count). The minimum absolute atomic E-state index is 0.112. The van der Waals surface area contributed by atoms with Gasteiger partial charge in [0.1, 0.15) is 5.84 Å². The number of rotatable bonds is 2. The molecule has 0 aromatic heterocycles. The Labute approximate surface area is 125 Å². The number of nitrogens with two attached hydrogens (primary N) is 1. The van der Waals surface area contributed by atoms with Crippen LogP contribution in [0.15, 0.2) is 18.2 Å². The van der Waals surface area contributed by atoms with E-state index in [4.69, 9.17) is 22.7 Å². The quantitative estimate of drug-likeness (QED) is 0.643. The molecule has 20 heavy (non-hydrogen) atoms. The van der Waals surface area contributed by atoms with Crippen molar-refractivity contribution in [1.29, 1.82) is 5.41 Å². The van der Waals surface area contributed by atoms with Gasteiger partial charge in [0, 0.05) is 28.9 Å². The molecular weight excluding hydrogens is 270 g/mol. The second-order valence-electron chi connectivity index (χ2n) is 6.02. The highest BCUT2D eigenvalue weighted by Crippen LogP contribution is 2.39. The summed E-state index contributed by atoms with van der Waals surface area (Å²) in [5.74, 6) is 0.924. The van der Waals surface area contributed by atoms with Crippen molar-refractivity contribution in [2.75, 3.05) is 11.4 Å². The van der Waals surface area contributed by atoms with E-state index in [1.165, 1.54) is 38.5 Å². The maximum absolute atomic E-state index is 7.82. The third-order valence-corrected chi connectivity index (χ3v) is 5.04. The van der Waals surface area contributed by atoms with Gasteiger partial charge in [-0.1, -0.05) is 24.4 Å². The molecule has 1 aromatic carbocycles.